The summed E-state index contributed by atoms with van der Waals surface area (Å²) in [6.07, 6.45) is 7.86. The van der Waals surface area contributed by atoms with E-state index in [4.69, 9.17) is 10.5 Å². The van der Waals surface area contributed by atoms with Crippen molar-refractivity contribution in [1.82, 2.24) is 4.90 Å². The Morgan fingerprint density at radius 1 is 1.11 bits per heavy atom. The molecule has 3 heteroatoms. The van der Waals surface area contributed by atoms with Crippen molar-refractivity contribution in [2.24, 2.45) is 5.73 Å². The minimum atomic E-state index is 0.138. The van der Waals surface area contributed by atoms with Gasteiger partial charge in [-0.3, -0.25) is 4.90 Å². The van der Waals surface area contributed by atoms with Gasteiger partial charge in [-0.05, 0) is 19.9 Å². The lowest BCUT2D eigenvalue weighted by Crippen LogP contribution is -2.52. The summed E-state index contributed by atoms with van der Waals surface area (Å²) in [5.41, 5.74) is 6.15. The average molecular weight is 258 g/mol. The van der Waals surface area contributed by atoms with Crippen molar-refractivity contribution in [3.05, 3.63) is 0 Å². The summed E-state index contributed by atoms with van der Waals surface area (Å²) in [7, 11) is 1.76. The Morgan fingerprint density at radius 2 is 1.78 bits per heavy atom. The molecule has 0 spiro atoms. The second-order valence-corrected chi connectivity index (χ2v) is 5.44. The number of rotatable bonds is 12. The van der Waals surface area contributed by atoms with Crippen LogP contribution < -0.4 is 5.73 Å². The molecule has 18 heavy (non-hydrogen) atoms. The lowest BCUT2D eigenvalue weighted by atomic mass is 9.92. The highest BCUT2D eigenvalue weighted by Gasteiger charge is 2.28. The van der Waals surface area contributed by atoms with Crippen LogP contribution in [0.5, 0.6) is 0 Å². The van der Waals surface area contributed by atoms with Crippen LogP contribution in [0.3, 0.4) is 0 Å². The van der Waals surface area contributed by atoms with Crippen LogP contribution in [0, 0.1) is 0 Å². The van der Waals surface area contributed by atoms with Crippen molar-refractivity contribution < 1.29 is 4.74 Å². The van der Waals surface area contributed by atoms with Gasteiger partial charge in [0.15, 0.2) is 0 Å². The molecule has 0 aromatic rings. The number of methoxy groups -OCH3 is 1. The summed E-state index contributed by atoms with van der Waals surface area (Å²) in [5, 5.41) is 0. The van der Waals surface area contributed by atoms with Gasteiger partial charge in [-0.15, -0.1) is 0 Å². The molecule has 0 fully saturated rings. The third-order valence-electron chi connectivity index (χ3n) is 3.97. The molecule has 3 nitrogen and oxygen atoms in total. The van der Waals surface area contributed by atoms with Crippen molar-refractivity contribution >= 4 is 0 Å². The van der Waals surface area contributed by atoms with E-state index in [9.17, 15) is 0 Å². The van der Waals surface area contributed by atoms with E-state index < -0.39 is 0 Å². The maximum atomic E-state index is 6.01. The predicted molar refractivity (Wildman–Crippen MR) is 80.0 cm³/mol. The molecular weight excluding hydrogens is 224 g/mol. The number of unbranched alkanes of at least 4 members (excludes halogenated alkanes) is 4. The van der Waals surface area contributed by atoms with E-state index in [0.717, 1.165) is 26.2 Å². The molecule has 0 aliphatic heterocycles. The smallest absolute Gasteiger partial charge is 0.0589 e. The molecule has 0 aromatic carbocycles. The van der Waals surface area contributed by atoms with Gasteiger partial charge in [0.25, 0.3) is 0 Å². The summed E-state index contributed by atoms with van der Waals surface area (Å²) >= 11 is 0. The molecule has 0 saturated carbocycles. The van der Waals surface area contributed by atoms with E-state index in [-0.39, 0.29) is 5.54 Å². The first-order valence-corrected chi connectivity index (χ1v) is 7.58. The zero-order valence-electron chi connectivity index (χ0n) is 13.0. The molecule has 0 amide bonds. The molecule has 1 unspecified atom stereocenters. The fraction of sp³-hybridized carbons (Fsp3) is 1.00. The highest BCUT2D eigenvalue weighted by atomic mass is 16.5. The molecule has 0 saturated heterocycles. The van der Waals surface area contributed by atoms with Crippen molar-refractivity contribution in [2.45, 2.75) is 64.8 Å². The van der Waals surface area contributed by atoms with Gasteiger partial charge in [0.05, 0.1) is 6.61 Å². The Labute approximate surface area is 114 Å². The van der Waals surface area contributed by atoms with Crippen LogP contribution in [0.15, 0.2) is 0 Å². The predicted octanol–water partition coefficient (Wildman–Crippen LogP) is 3.03. The highest BCUT2D eigenvalue weighted by Crippen LogP contribution is 2.21. The third kappa shape index (κ3) is 6.72. The normalized spacial score (nSPS) is 15.0. The molecule has 2 N–H and O–H groups in total. The van der Waals surface area contributed by atoms with Gasteiger partial charge in [-0.1, -0.05) is 46.0 Å². The topological polar surface area (TPSA) is 38.5 Å². The first-order chi connectivity index (χ1) is 8.64. The minimum Gasteiger partial charge on any atom is -0.383 e. The number of likely N-dealkylation sites (N-methyl/N-ethyl adjacent to an activating group) is 1. The Bertz CT molecular complexity index is 187. The number of ether oxygens (including phenoxy) is 1. The second-order valence-electron chi connectivity index (χ2n) is 5.44. The molecule has 0 rings (SSSR count). The summed E-state index contributed by atoms with van der Waals surface area (Å²) in [4.78, 5) is 2.47. The summed E-state index contributed by atoms with van der Waals surface area (Å²) in [6, 6.07) is 0. The molecule has 0 heterocycles. The van der Waals surface area contributed by atoms with E-state index in [2.05, 4.69) is 25.7 Å². The second kappa shape index (κ2) is 10.8. The van der Waals surface area contributed by atoms with Crippen LogP contribution in [-0.4, -0.2) is 43.8 Å². The zero-order chi connectivity index (χ0) is 13.9. The van der Waals surface area contributed by atoms with Crippen LogP contribution >= 0.6 is 0 Å². The molecule has 0 radical (unpaired) electrons. The van der Waals surface area contributed by atoms with Gasteiger partial charge in [0.2, 0.25) is 0 Å². The quantitative estimate of drug-likeness (QED) is 0.547. The Morgan fingerprint density at radius 3 is 2.28 bits per heavy atom. The molecule has 110 valence electrons. The van der Waals surface area contributed by atoms with Gasteiger partial charge in [0.1, 0.15) is 0 Å². The number of nitrogens with zero attached hydrogens (tertiary/aromatic N) is 1. The Hall–Kier alpha value is -0.120. The zero-order valence-corrected chi connectivity index (χ0v) is 13.0. The van der Waals surface area contributed by atoms with Gasteiger partial charge >= 0.3 is 0 Å². The van der Waals surface area contributed by atoms with Gasteiger partial charge in [-0.2, -0.15) is 0 Å². The van der Waals surface area contributed by atoms with E-state index in [1.807, 2.05) is 0 Å². The molecule has 1 atom stereocenters. The molecule has 0 aliphatic rings. The number of hydrogen-bond donors (Lipinski definition) is 1. The average Bonchev–Trinajstić information content (AvgIpc) is 2.39. The maximum absolute atomic E-state index is 6.01. The lowest BCUT2D eigenvalue weighted by molar-refractivity contribution is 0.0679. The van der Waals surface area contributed by atoms with Crippen LogP contribution in [0.2, 0.25) is 0 Å². The Balaban J connectivity index is 4.11. The molecule has 0 bridgehead atoms. The van der Waals surface area contributed by atoms with E-state index in [0.29, 0.717) is 0 Å². The number of hydrogen-bond acceptors (Lipinski definition) is 3. The summed E-state index contributed by atoms with van der Waals surface area (Å²) in [6.45, 7) is 10.3. The fourth-order valence-electron chi connectivity index (χ4n) is 2.51. The number of nitrogens with two attached hydrogens (primary N) is 1. The SMILES string of the molecule is CCCCCCCC(C)(CN)N(CC)CCOC. The first-order valence-electron chi connectivity index (χ1n) is 7.58. The molecule has 0 aromatic heterocycles. The fourth-order valence-corrected chi connectivity index (χ4v) is 2.51. The van der Waals surface area contributed by atoms with Crippen LogP contribution in [-0.2, 0) is 4.74 Å². The van der Waals surface area contributed by atoms with Crippen molar-refractivity contribution in [3.63, 3.8) is 0 Å². The first kappa shape index (κ1) is 17.9. The largest absolute Gasteiger partial charge is 0.383 e. The minimum absolute atomic E-state index is 0.138. The molecule has 0 aliphatic carbocycles. The van der Waals surface area contributed by atoms with Crippen molar-refractivity contribution in [2.75, 3.05) is 33.4 Å². The maximum Gasteiger partial charge on any atom is 0.0589 e. The summed E-state index contributed by atoms with van der Waals surface area (Å²) in [5.74, 6) is 0. The lowest BCUT2D eigenvalue weighted by Gasteiger charge is -2.40. The van der Waals surface area contributed by atoms with Crippen LogP contribution in [0.1, 0.15) is 59.3 Å². The third-order valence-corrected chi connectivity index (χ3v) is 3.97. The molecular formula is C15H34N2O. The van der Waals surface area contributed by atoms with E-state index in [1.54, 1.807) is 7.11 Å². The van der Waals surface area contributed by atoms with Crippen LogP contribution in [0.25, 0.3) is 0 Å². The van der Waals surface area contributed by atoms with Gasteiger partial charge < -0.3 is 10.5 Å². The van der Waals surface area contributed by atoms with E-state index >= 15 is 0 Å². The van der Waals surface area contributed by atoms with E-state index in [1.165, 1.54) is 38.5 Å². The summed E-state index contributed by atoms with van der Waals surface area (Å²) < 4.78 is 5.19. The standard InChI is InChI=1S/C15H34N2O/c1-5-7-8-9-10-11-15(3,14-16)17(6-2)12-13-18-4/h5-14,16H2,1-4H3. The monoisotopic (exact) mass is 258 g/mol. The van der Waals surface area contributed by atoms with Gasteiger partial charge in [0, 0.05) is 25.7 Å². The van der Waals surface area contributed by atoms with Gasteiger partial charge in [-0.25, -0.2) is 0 Å². The highest BCUT2D eigenvalue weighted by molar-refractivity contribution is 4.86. The Kier molecular flexibility index (Phi) is 10.7. The van der Waals surface area contributed by atoms with Crippen molar-refractivity contribution in [3.8, 4) is 0 Å². The van der Waals surface area contributed by atoms with Crippen molar-refractivity contribution in [1.29, 1.82) is 0 Å². The van der Waals surface area contributed by atoms with Crippen LogP contribution in [0.4, 0.5) is 0 Å².